The normalized spacial score (nSPS) is 28.3. The molecule has 6 atom stereocenters. The molecule has 292 valence electrons. The van der Waals surface area contributed by atoms with E-state index in [1.54, 1.807) is 32.1 Å². The number of nitrogens with zero attached hydrogens (tertiary/aromatic N) is 2. The lowest BCUT2D eigenvalue weighted by Crippen LogP contribution is -2.43. The molecule has 14 nitrogen and oxygen atoms in total. The second kappa shape index (κ2) is 21.6. The predicted molar refractivity (Wildman–Crippen MR) is 201 cm³/mol. The molecule has 2 rings (SSSR count). The van der Waals surface area contributed by atoms with Gasteiger partial charge >= 0.3 is 6.09 Å². The van der Waals surface area contributed by atoms with Crippen molar-refractivity contribution in [2.75, 3.05) is 68.6 Å². The molecule has 52 heavy (non-hydrogen) atoms. The summed E-state index contributed by atoms with van der Waals surface area (Å²) in [5.41, 5.74) is 6.64. The second-order valence-electron chi connectivity index (χ2n) is 14.3. The Morgan fingerprint density at radius 1 is 0.962 bits per heavy atom. The number of allylic oxidation sites excluding steroid dienone is 3. The van der Waals surface area contributed by atoms with E-state index in [-0.39, 0.29) is 40.6 Å². The van der Waals surface area contributed by atoms with E-state index in [0.29, 0.717) is 31.5 Å². The molecule has 0 radical (unpaired) electrons. The topological polar surface area (TPSA) is 185 Å². The van der Waals surface area contributed by atoms with E-state index in [4.69, 9.17) is 19.9 Å². The molecule has 1 aliphatic heterocycles. The number of hydrogen-bond acceptors (Lipinski definition) is 12. The largest absolute Gasteiger partial charge is 0.439 e. The average molecular weight is 731 g/mol. The molecular formula is C38H62N6O8. The first-order valence-electron chi connectivity index (χ1n) is 17.9. The summed E-state index contributed by atoms with van der Waals surface area (Å²) < 4.78 is 16.8. The van der Waals surface area contributed by atoms with Gasteiger partial charge in [-0.25, -0.2) is 4.79 Å². The highest BCUT2D eigenvalue weighted by atomic mass is 16.6. The van der Waals surface area contributed by atoms with Crippen LogP contribution < -0.4 is 21.7 Å². The molecule has 6 N–H and O–H groups in total. The van der Waals surface area contributed by atoms with E-state index in [9.17, 15) is 24.3 Å². The standard InChI is InChI=1S/C38H62N6O8/c1-23-20-27-30(40-16-12-18-43(5)6)35(47)31(41-17-13-19-44(7)8)32(34(27)46)42-37(48)24(2)14-11-15-28(50-9)36(52-38(39)49)26(4)22-25(3)33(45)29(21-23)51-10/h11,14-15,22-23,25,28-29,33,36,40-41,45H,12-13,16-21H2,1-10H3,(H2,39,49)(H,42,48)/b15-11-,24-14-,26-22-/t23-,25+,28+,29+,33-,36+/m1/s1. The number of primary amides is 1. The van der Waals surface area contributed by atoms with Crippen molar-refractivity contribution in [1.82, 2.24) is 25.8 Å². The minimum Gasteiger partial charge on any atom is -0.439 e. The van der Waals surface area contributed by atoms with Crippen LogP contribution in [0.3, 0.4) is 0 Å². The Labute approximate surface area is 309 Å². The van der Waals surface area contributed by atoms with E-state index >= 15 is 0 Å². The van der Waals surface area contributed by atoms with Gasteiger partial charge in [-0.05, 0) is 92.3 Å². The lowest BCUT2D eigenvalue weighted by Gasteiger charge is -2.30. The molecular weight excluding hydrogens is 668 g/mol. The van der Waals surface area contributed by atoms with Crippen molar-refractivity contribution >= 4 is 23.6 Å². The fourth-order valence-electron chi connectivity index (χ4n) is 6.24. The minimum absolute atomic E-state index is 0.0318. The van der Waals surface area contributed by atoms with Crippen LogP contribution in [0.2, 0.25) is 0 Å². The van der Waals surface area contributed by atoms with Crippen LogP contribution in [0.4, 0.5) is 4.79 Å². The molecule has 0 aromatic heterocycles. The minimum atomic E-state index is -1.000. The molecule has 2 aliphatic rings. The molecule has 0 spiro atoms. The molecule has 14 heteroatoms. The van der Waals surface area contributed by atoms with Gasteiger partial charge in [0.2, 0.25) is 11.6 Å². The Balaban J connectivity index is 2.73. The average Bonchev–Trinajstić information content (AvgIpc) is 3.07. The Morgan fingerprint density at radius 2 is 1.56 bits per heavy atom. The second-order valence-corrected chi connectivity index (χ2v) is 14.3. The number of nitrogens with one attached hydrogen (secondary N) is 3. The van der Waals surface area contributed by atoms with E-state index < -0.39 is 53.9 Å². The maximum Gasteiger partial charge on any atom is 0.405 e. The number of Topliss-reactive ketones (excluding diaryl/α,β-unsaturated/α-hetero) is 2. The van der Waals surface area contributed by atoms with Crippen molar-refractivity contribution in [3.8, 4) is 0 Å². The van der Waals surface area contributed by atoms with Crippen LogP contribution in [0.1, 0.15) is 53.4 Å². The molecule has 0 saturated carbocycles. The quantitative estimate of drug-likeness (QED) is 0.106. The maximum atomic E-state index is 14.5. The zero-order valence-corrected chi connectivity index (χ0v) is 32.7. The van der Waals surface area contributed by atoms with Crippen LogP contribution in [0.5, 0.6) is 0 Å². The summed E-state index contributed by atoms with van der Waals surface area (Å²) in [4.78, 5) is 58.3. The van der Waals surface area contributed by atoms with E-state index in [1.165, 1.54) is 20.3 Å². The van der Waals surface area contributed by atoms with Crippen molar-refractivity contribution in [1.29, 1.82) is 0 Å². The third-order valence-electron chi connectivity index (χ3n) is 9.12. The van der Waals surface area contributed by atoms with Crippen LogP contribution in [0.15, 0.2) is 58.1 Å². The van der Waals surface area contributed by atoms with Gasteiger partial charge in [-0.2, -0.15) is 0 Å². The van der Waals surface area contributed by atoms with Crippen molar-refractivity contribution < 1.29 is 38.5 Å². The third kappa shape index (κ3) is 13.3. The molecule has 2 bridgehead atoms. The van der Waals surface area contributed by atoms with Gasteiger partial charge < -0.3 is 50.8 Å². The molecule has 0 unspecified atom stereocenters. The summed E-state index contributed by atoms with van der Waals surface area (Å²) in [7, 11) is 10.8. The highest BCUT2D eigenvalue weighted by Gasteiger charge is 2.37. The van der Waals surface area contributed by atoms with Crippen LogP contribution >= 0.6 is 0 Å². The summed E-state index contributed by atoms with van der Waals surface area (Å²) in [5, 5.41) is 20.6. The summed E-state index contributed by atoms with van der Waals surface area (Å²) in [5.74, 6) is -2.12. The number of hydrogen-bond donors (Lipinski definition) is 5. The van der Waals surface area contributed by atoms with Gasteiger partial charge in [0.25, 0.3) is 5.91 Å². The molecule has 0 aromatic carbocycles. The number of ketones is 2. The van der Waals surface area contributed by atoms with Crippen molar-refractivity contribution in [2.45, 2.75) is 77.8 Å². The van der Waals surface area contributed by atoms with E-state index in [2.05, 4.69) is 16.0 Å². The number of rotatable bonds is 13. The summed E-state index contributed by atoms with van der Waals surface area (Å²) in [6.45, 7) is 9.46. The lowest BCUT2D eigenvalue weighted by molar-refractivity contribution is -0.120. The van der Waals surface area contributed by atoms with Gasteiger partial charge in [-0.1, -0.05) is 38.2 Å². The zero-order chi connectivity index (χ0) is 39.1. The van der Waals surface area contributed by atoms with Gasteiger partial charge in [0.15, 0.2) is 6.10 Å². The number of amides is 2. The van der Waals surface area contributed by atoms with Gasteiger partial charge in [0.05, 0.1) is 17.9 Å². The Kier molecular flexibility index (Phi) is 18.5. The van der Waals surface area contributed by atoms with Crippen LogP contribution in [0, 0.1) is 11.8 Å². The number of fused-ring (bicyclic) bond motifs is 2. The number of methoxy groups -OCH3 is 2. The highest BCUT2D eigenvalue weighted by Crippen LogP contribution is 2.30. The SMILES string of the molecule is CO[C@H]1/C=C\C=C(\C)C(=O)NC2=C(NCCCN(C)C)C(=O)C(NCCCN(C)C)=C(C[C@@H](C)C[C@H](OC)[C@H](O)[C@@H](C)/C=C(/C)[C@@H]1OC(N)=O)C2=O. The fourth-order valence-corrected chi connectivity index (χ4v) is 6.24. The number of aliphatic hydroxyl groups excluding tert-OH is 1. The first kappa shape index (κ1) is 44.3. The Bertz CT molecular complexity index is 1420. The third-order valence-corrected chi connectivity index (χ3v) is 9.12. The van der Waals surface area contributed by atoms with Gasteiger partial charge in [-0.3, -0.25) is 14.4 Å². The molecule has 1 aliphatic carbocycles. The number of nitrogens with two attached hydrogens (primary N) is 1. The molecule has 2 amide bonds. The maximum absolute atomic E-state index is 14.5. The summed E-state index contributed by atoms with van der Waals surface area (Å²) in [6.07, 6.45) is 4.10. The van der Waals surface area contributed by atoms with Gasteiger partial charge in [0, 0.05) is 44.4 Å². The van der Waals surface area contributed by atoms with Crippen LogP contribution in [-0.4, -0.2) is 131 Å². The Morgan fingerprint density at radius 3 is 2.10 bits per heavy atom. The first-order valence-corrected chi connectivity index (χ1v) is 17.9. The van der Waals surface area contributed by atoms with Crippen molar-refractivity contribution in [3.63, 3.8) is 0 Å². The Hall–Kier alpha value is -3.82. The highest BCUT2D eigenvalue weighted by molar-refractivity contribution is 6.25. The molecule has 1 heterocycles. The number of aliphatic hydroxyl groups is 1. The van der Waals surface area contributed by atoms with Crippen molar-refractivity contribution in [2.24, 2.45) is 17.6 Å². The number of carbonyl (C=O) groups excluding carboxylic acids is 4. The monoisotopic (exact) mass is 730 g/mol. The molecule has 0 fully saturated rings. The van der Waals surface area contributed by atoms with E-state index in [0.717, 1.165) is 19.5 Å². The van der Waals surface area contributed by atoms with Gasteiger partial charge in [0.1, 0.15) is 17.5 Å². The molecule has 0 saturated heterocycles. The smallest absolute Gasteiger partial charge is 0.405 e. The fraction of sp³-hybridized carbons (Fsp3) is 0.632. The number of ether oxygens (including phenoxy) is 3. The van der Waals surface area contributed by atoms with E-state index in [1.807, 2.05) is 51.8 Å². The summed E-state index contributed by atoms with van der Waals surface area (Å²) in [6, 6.07) is 0. The van der Waals surface area contributed by atoms with Crippen LogP contribution in [0.25, 0.3) is 0 Å². The van der Waals surface area contributed by atoms with Crippen molar-refractivity contribution in [3.05, 3.63) is 58.1 Å². The predicted octanol–water partition coefficient (Wildman–Crippen LogP) is 2.17. The summed E-state index contributed by atoms with van der Waals surface area (Å²) >= 11 is 0. The molecule has 0 aromatic rings. The first-order chi connectivity index (χ1) is 24.5. The van der Waals surface area contributed by atoms with Crippen LogP contribution in [-0.2, 0) is 28.6 Å². The number of carbonyl (C=O) groups is 4. The lowest BCUT2D eigenvalue weighted by atomic mass is 9.84. The zero-order valence-electron chi connectivity index (χ0n) is 32.7. The van der Waals surface area contributed by atoms with Gasteiger partial charge in [-0.15, -0.1) is 0 Å².